The van der Waals surface area contributed by atoms with Crippen LogP contribution >= 0.6 is 0 Å². The molecule has 0 bridgehead atoms. The van der Waals surface area contributed by atoms with Crippen LogP contribution in [0.3, 0.4) is 0 Å². The normalized spacial score (nSPS) is 16.2. The molecule has 1 fully saturated rings. The molecule has 0 aromatic rings. The zero-order valence-corrected chi connectivity index (χ0v) is 15.5. The third kappa shape index (κ3) is 12.3. The van der Waals surface area contributed by atoms with Crippen LogP contribution in [-0.2, 0) is 19.0 Å². The molecule has 1 rings (SSSR count). The molecule has 1 N–H and O–H groups in total. The van der Waals surface area contributed by atoms with E-state index in [9.17, 15) is 9.90 Å². The van der Waals surface area contributed by atoms with E-state index in [-0.39, 0.29) is 19.1 Å². The van der Waals surface area contributed by atoms with Gasteiger partial charge in [0.05, 0.1) is 33.0 Å². The number of ether oxygens (including phenoxy) is 3. The summed E-state index contributed by atoms with van der Waals surface area (Å²) < 4.78 is 15.6. The third-order valence-corrected chi connectivity index (χ3v) is 4.11. The van der Waals surface area contributed by atoms with Crippen LogP contribution in [0.15, 0.2) is 0 Å². The van der Waals surface area contributed by atoms with Crippen molar-refractivity contribution in [3.8, 4) is 0 Å². The van der Waals surface area contributed by atoms with Gasteiger partial charge in [0.15, 0.2) is 0 Å². The Labute approximate surface area is 151 Å². The van der Waals surface area contributed by atoms with Crippen LogP contribution in [0.1, 0.15) is 13.3 Å². The summed E-state index contributed by atoms with van der Waals surface area (Å²) in [6.45, 7) is 11.5. The first kappa shape index (κ1) is 22.3. The van der Waals surface area contributed by atoms with E-state index in [4.69, 9.17) is 14.2 Å². The highest BCUT2D eigenvalue weighted by Gasteiger charge is 2.14. The maximum absolute atomic E-state index is 11.7. The Kier molecular flexibility index (Phi) is 13.8. The lowest BCUT2D eigenvalue weighted by Crippen LogP contribution is -2.48. The van der Waals surface area contributed by atoms with Gasteiger partial charge in [0.2, 0.25) is 5.91 Å². The summed E-state index contributed by atoms with van der Waals surface area (Å²) in [7, 11) is 0. The van der Waals surface area contributed by atoms with Crippen LogP contribution in [0.4, 0.5) is 0 Å². The number of rotatable bonds is 15. The molecule has 8 heteroatoms. The van der Waals surface area contributed by atoms with Gasteiger partial charge in [-0.15, -0.1) is 6.61 Å². The number of hydrogen-bond acceptors (Lipinski definition) is 7. The van der Waals surface area contributed by atoms with Crippen molar-refractivity contribution in [2.45, 2.75) is 13.3 Å². The number of hydrogen-bond donors (Lipinski definition) is 1. The molecule has 0 spiro atoms. The molecule has 1 saturated heterocycles. The molecule has 8 nitrogen and oxygen atoms in total. The van der Waals surface area contributed by atoms with Crippen molar-refractivity contribution >= 4 is 5.91 Å². The average molecular weight is 360 g/mol. The van der Waals surface area contributed by atoms with Crippen molar-refractivity contribution < 1.29 is 24.1 Å². The van der Waals surface area contributed by atoms with Gasteiger partial charge in [-0.3, -0.25) is 9.69 Å². The van der Waals surface area contributed by atoms with E-state index in [2.05, 4.69) is 22.0 Å². The van der Waals surface area contributed by atoms with Crippen LogP contribution in [0.2, 0.25) is 0 Å². The third-order valence-electron chi connectivity index (χ3n) is 4.11. The minimum Gasteiger partial charge on any atom is -0.853 e. The van der Waals surface area contributed by atoms with Gasteiger partial charge in [0.25, 0.3) is 0 Å². The Morgan fingerprint density at radius 2 is 1.48 bits per heavy atom. The predicted octanol–water partition coefficient (Wildman–Crippen LogP) is -1.46. The fourth-order valence-corrected chi connectivity index (χ4v) is 2.54. The van der Waals surface area contributed by atoms with Gasteiger partial charge in [0.1, 0.15) is 0 Å². The lowest BCUT2D eigenvalue weighted by Gasteiger charge is -2.33. The van der Waals surface area contributed by atoms with Gasteiger partial charge < -0.3 is 29.5 Å². The number of nitrogens with one attached hydrogen (secondary N) is 1. The zero-order chi connectivity index (χ0) is 18.2. The highest BCUT2D eigenvalue weighted by molar-refractivity contribution is 5.75. The maximum atomic E-state index is 11.7. The average Bonchev–Trinajstić information content (AvgIpc) is 2.64. The molecular weight excluding hydrogens is 326 g/mol. The van der Waals surface area contributed by atoms with Crippen LogP contribution in [0, 0.1) is 0 Å². The molecule has 0 saturated carbocycles. The van der Waals surface area contributed by atoms with Crippen molar-refractivity contribution in [3.05, 3.63) is 0 Å². The van der Waals surface area contributed by atoms with Crippen molar-refractivity contribution in [3.63, 3.8) is 0 Å². The Bertz CT molecular complexity index is 325. The first-order valence-electron chi connectivity index (χ1n) is 9.29. The van der Waals surface area contributed by atoms with Crippen LogP contribution in [0.5, 0.6) is 0 Å². The Morgan fingerprint density at radius 1 is 0.920 bits per heavy atom. The van der Waals surface area contributed by atoms with Crippen molar-refractivity contribution in [1.29, 1.82) is 0 Å². The minimum absolute atomic E-state index is 0.0270. The van der Waals surface area contributed by atoms with Crippen molar-refractivity contribution in [1.82, 2.24) is 15.1 Å². The molecule has 0 aromatic heterocycles. The summed E-state index contributed by atoms with van der Waals surface area (Å²) in [6.07, 6.45) is 0.371. The van der Waals surface area contributed by atoms with Gasteiger partial charge in [0, 0.05) is 52.3 Å². The minimum atomic E-state index is -0.222. The lowest BCUT2D eigenvalue weighted by atomic mass is 10.3. The molecule has 1 amide bonds. The first-order chi connectivity index (χ1) is 12.3. The van der Waals surface area contributed by atoms with E-state index in [0.717, 1.165) is 39.3 Å². The molecule has 0 aliphatic carbocycles. The SMILES string of the molecule is CCN1CCN(CCNC(=O)CCOCCOCCOCC[O-])CC1. The molecule has 148 valence electrons. The summed E-state index contributed by atoms with van der Waals surface area (Å²) in [5.41, 5.74) is 0. The molecule has 1 heterocycles. The molecule has 0 radical (unpaired) electrons. The standard InChI is InChI=1S/C17H34N3O5/c1-2-19-6-8-20(9-7-19)5-4-18-17(22)3-11-23-13-15-25-16-14-24-12-10-21/h2-16H2,1H3,(H,18,22)/q-1. The summed E-state index contributed by atoms with van der Waals surface area (Å²) in [5.74, 6) is 0.0270. The van der Waals surface area contributed by atoms with Gasteiger partial charge in [-0.25, -0.2) is 0 Å². The highest BCUT2D eigenvalue weighted by Crippen LogP contribution is 1.99. The second kappa shape index (κ2) is 15.5. The van der Waals surface area contributed by atoms with Gasteiger partial charge in [-0.2, -0.15) is 0 Å². The van der Waals surface area contributed by atoms with E-state index in [1.807, 2.05) is 0 Å². The van der Waals surface area contributed by atoms with E-state index in [1.165, 1.54) is 0 Å². The highest BCUT2D eigenvalue weighted by atomic mass is 16.5. The van der Waals surface area contributed by atoms with Gasteiger partial charge >= 0.3 is 0 Å². The fraction of sp³-hybridized carbons (Fsp3) is 0.941. The Hall–Kier alpha value is -0.770. The summed E-state index contributed by atoms with van der Waals surface area (Å²) in [4.78, 5) is 16.6. The first-order valence-corrected chi connectivity index (χ1v) is 9.29. The summed E-state index contributed by atoms with van der Waals surface area (Å²) >= 11 is 0. The number of amides is 1. The quantitative estimate of drug-likeness (QED) is 0.357. The molecule has 0 aromatic carbocycles. The zero-order valence-electron chi connectivity index (χ0n) is 15.5. The number of carbonyl (C=O) groups excluding carboxylic acids is 1. The smallest absolute Gasteiger partial charge is 0.222 e. The number of piperazine rings is 1. The van der Waals surface area contributed by atoms with Gasteiger partial charge in [-0.1, -0.05) is 6.92 Å². The van der Waals surface area contributed by atoms with E-state index >= 15 is 0 Å². The second-order valence-corrected chi connectivity index (χ2v) is 5.92. The van der Waals surface area contributed by atoms with Crippen molar-refractivity contribution in [2.75, 3.05) is 92.1 Å². The largest absolute Gasteiger partial charge is 0.853 e. The predicted molar refractivity (Wildman–Crippen MR) is 93.5 cm³/mol. The lowest BCUT2D eigenvalue weighted by molar-refractivity contribution is -0.374. The molecule has 1 aliphatic heterocycles. The number of likely N-dealkylation sites (N-methyl/N-ethyl adjacent to an activating group) is 1. The maximum Gasteiger partial charge on any atom is 0.222 e. The number of carbonyl (C=O) groups is 1. The van der Waals surface area contributed by atoms with Crippen LogP contribution in [-0.4, -0.2) is 108 Å². The summed E-state index contributed by atoms with van der Waals surface area (Å²) in [5, 5.41) is 13.1. The van der Waals surface area contributed by atoms with E-state index in [1.54, 1.807) is 0 Å². The molecular formula is C17H34N3O5-. The molecule has 0 atom stereocenters. The van der Waals surface area contributed by atoms with Crippen molar-refractivity contribution in [2.24, 2.45) is 0 Å². The van der Waals surface area contributed by atoms with Crippen LogP contribution in [0.25, 0.3) is 0 Å². The monoisotopic (exact) mass is 360 g/mol. The molecule has 25 heavy (non-hydrogen) atoms. The van der Waals surface area contributed by atoms with E-state index in [0.29, 0.717) is 46.0 Å². The van der Waals surface area contributed by atoms with Gasteiger partial charge in [-0.05, 0) is 6.54 Å². The molecule has 0 unspecified atom stereocenters. The van der Waals surface area contributed by atoms with Crippen LogP contribution < -0.4 is 10.4 Å². The fourth-order valence-electron chi connectivity index (χ4n) is 2.54. The Balaban J connectivity index is 1.83. The number of nitrogens with zero attached hydrogens (tertiary/aromatic N) is 2. The van der Waals surface area contributed by atoms with E-state index < -0.39 is 0 Å². The topological polar surface area (TPSA) is 86.3 Å². The Morgan fingerprint density at radius 3 is 2.08 bits per heavy atom. The summed E-state index contributed by atoms with van der Waals surface area (Å²) in [6, 6.07) is 0. The molecule has 1 aliphatic rings. The second-order valence-electron chi connectivity index (χ2n) is 5.92.